The standard InChI is InChI=1S/C19H21N3O4S/c1-14(23)21-16-8-10-17(11-9-16)27(25,26)20-13-19(24)22-12-4-6-15-5-2-3-7-18(15)22/h2-3,5,7-11,20H,4,6,12-13H2,1H3,(H,21,23). The quantitative estimate of drug-likeness (QED) is 0.819. The van der Waals surface area contributed by atoms with E-state index in [9.17, 15) is 18.0 Å². The lowest BCUT2D eigenvalue weighted by Gasteiger charge is -2.29. The van der Waals surface area contributed by atoms with Crippen LogP contribution in [-0.4, -0.2) is 33.3 Å². The van der Waals surface area contributed by atoms with Crippen LogP contribution < -0.4 is 14.9 Å². The molecule has 8 heteroatoms. The summed E-state index contributed by atoms with van der Waals surface area (Å²) in [5.41, 5.74) is 2.43. The molecule has 0 bridgehead atoms. The highest BCUT2D eigenvalue weighted by Crippen LogP contribution is 2.26. The summed E-state index contributed by atoms with van der Waals surface area (Å²) in [4.78, 5) is 25.2. The summed E-state index contributed by atoms with van der Waals surface area (Å²) in [6, 6.07) is 13.4. The van der Waals surface area contributed by atoms with Crippen molar-refractivity contribution < 1.29 is 18.0 Å². The second-order valence-electron chi connectivity index (χ2n) is 6.31. The largest absolute Gasteiger partial charge is 0.326 e. The normalized spacial score (nSPS) is 13.7. The molecule has 0 saturated carbocycles. The number of aryl methyl sites for hydroxylation is 1. The van der Waals surface area contributed by atoms with Crippen molar-refractivity contribution >= 4 is 33.2 Å². The lowest BCUT2D eigenvalue weighted by atomic mass is 10.0. The minimum Gasteiger partial charge on any atom is -0.326 e. The van der Waals surface area contributed by atoms with Crippen LogP contribution in [0.25, 0.3) is 0 Å². The molecule has 0 unspecified atom stereocenters. The van der Waals surface area contributed by atoms with Gasteiger partial charge >= 0.3 is 0 Å². The molecule has 7 nitrogen and oxygen atoms in total. The number of benzene rings is 2. The number of carbonyl (C=O) groups excluding carboxylic acids is 2. The van der Waals surface area contributed by atoms with E-state index >= 15 is 0 Å². The fraction of sp³-hybridized carbons (Fsp3) is 0.263. The summed E-state index contributed by atoms with van der Waals surface area (Å²) >= 11 is 0. The maximum atomic E-state index is 12.6. The highest BCUT2D eigenvalue weighted by molar-refractivity contribution is 7.89. The van der Waals surface area contributed by atoms with Gasteiger partial charge in [-0.25, -0.2) is 13.1 Å². The molecule has 0 aromatic heterocycles. The lowest BCUT2D eigenvalue weighted by molar-refractivity contribution is -0.117. The third-order valence-corrected chi connectivity index (χ3v) is 5.73. The third kappa shape index (κ3) is 4.53. The molecule has 0 radical (unpaired) electrons. The molecule has 142 valence electrons. The van der Waals surface area contributed by atoms with E-state index in [2.05, 4.69) is 10.0 Å². The topological polar surface area (TPSA) is 95.6 Å². The minimum absolute atomic E-state index is 0.0310. The van der Waals surface area contributed by atoms with Gasteiger partial charge in [0.25, 0.3) is 0 Å². The van der Waals surface area contributed by atoms with E-state index in [1.165, 1.54) is 31.2 Å². The first-order valence-electron chi connectivity index (χ1n) is 8.62. The smallest absolute Gasteiger partial charge is 0.242 e. The Balaban J connectivity index is 1.67. The molecule has 2 aromatic rings. The summed E-state index contributed by atoms with van der Waals surface area (Å²) in [6.45, 7) is 1.63. The molecule has 1 aliphatic rings. The Morgan fingerprint density at radius 2 is 1.78 bits per heavy atom. The number of sulfonamides is 1. The van der Waals surface area contributed by atoms with Crippen LogP contribution in [-0.2, 0) is 26.0 Å². The first-order valence-corrected chi connectivity index (χ1v) is 10.1. The average molecular weight is 387 g/mol. The zero-order valence-corrected chi connectivity index (χ0v) is 15.8. The minimum atomic E-state index is -3.83. The van der Waals surface area contributed by atoms with Crippen molar-refractivity contribution in [1.82, 2.24) is 4.72 Å². The number of para-hydroxylation sites is 1. The van der Waals surface area contributed by atoms with Gasteiger partial charge in [0.2, 0.25) is 21.8 Å². The van der Waals surface area contributed by atoms with Gasteiger partial charge < -0.3 is 10.2 Å². The predicted molar refractivity (Wildman–Crippen MR) is 103 cm³/mol. The summed E-state index contributed by atoms with van der Waals surface area (Å²) in [5, 5.41) is 2.57. The van der Waals surface area contributed by atoms with Gasteiger partial charge in [-0.1, -0.05) is 18.2 Å². The SMILES string of the molecule is CC(=O)Nc1ccc(S(=O)(=O)NCC(=O)N2CCCc3ccccc32)cc1. The van der Waals surface area contributed by atoms with Crippen LogP contribution >= 0.6 is 0 Å². The summed E-state index contributed by atoms with van der Waals surface area (Å²) in [5.74, 6) is -0.531. The molecule has 0 saturated heterocycles. The van der Waals surface area contributed by atoms with E-state index < -0.39 is 10.0 Å². The van der Waals surface area contributed by atoms with Crippen LogP contribution in [0.2, 0.25) is 0 Å². The van der Waals surface area contributed by atoms with Crippen LogP contribution in [0, 0.1) is 0 Å². The van der Waals surface area contributed by atoms with E-state index in [-0.39, 0.29) is 23.3 Å². The summed E-state index contributed by atoms with van der Waals surface area (Å²) in [6.07, 6.45) is 1.76. The number of nitrogens with one attached hydrogen (secondary N) is 2. The van der Waals surface area contributed by atoms with Crippen molar-refractivity contribution in [3.63, 3.8) is 0 Å². The number of hydrogen-bond donors (Lipinski definition) is 2. The van der Waals surface area contributed by atoms with Gasteiger partial charge in [0, 0.05) is 24.8 Å². The van der Waals surface area contributed by atoms with Crippen molar-refractivity contribution in [2.24, 2.45) is 0 Å². The van der Waals surface area contributed by atoms with Crippen LogP contribution in [0.1, 0.15) is 18.9 Å². The zero-order chi connectivity index (χ0) is 19.4. The monoisotopic (exact) mass is 387 g/mol. The zero-order valence-electron chi connectivity index (χ0n) is 14.9. The Morgan fingerprint density at radius 3 is 2.48 bits per heavy atom. The van der Waals surface area contributed by atoms with Crippen LogP contribution in [0.4, 0.5) is 11.4 Å². The number of fused-ring (bicyclic) bond motifs is 1. The van der Waals surface area contributed by atoms with Crippen LogP contribution in [0.15, 0.2) is 53.4 Å². The molecule has 0 spiro atoms. The highest BCUT2D eigenvalue weighted by atomic mass is 32.2. The van der Waals surface area contributed by atoms with Gasteiger partial charge in [-0.3, -0.25) is 9.59 Å². The first-order chi connectivity index (χ1) is 12.9. The molecular formula is C19H21N3O4S. The van der Waals surface area contributed by atoms with Crippen molar-refractivity contribution in [1.29, 1.82) is 0 Å². The second-order valence-corrected chi connectivity index (χ2v) is 8.07. The summed E-state index contributed by atoms with van der Waals surface area (Å²) in [7, 11) is -3.83. The van der Waals surface area contributed by atoms with Gasteiger partial charge in [-0.2, -0.15) is 0 Å². The van der Waals surface area contributed by atoms with E-state index in [0.717, 1.165) is 24.1 Å². The molecular weight excluding hydrogens is 366 g/mol. The van der Waals surface area contributed by atoms with Crippen molar-refractivity contribution in [3.05, 3.63) is 54.1 Å². The first kappa shape index (κ1) is 19.1. The Bertz CT molecular complexity index is 955. The number of carbonyl (C=O) groups is 2. The van der Waals surface area contributed by atoms with E-state index in [1.54, 1.807) is 4.90 Å². The summed E-state index contributed by atoms with van der Waals surface area (Å²) < 4.78 is 27.2. The highest BCUT2D eigenvalue weighted by Gasteiger charge is 2.24. The molecule has 27 heavy (non-hydrogen) atoms. The Morgan fingerprint density at radius 1 is 1.07 bits per heavy atom. The Kier molecular flexibility index (Phi) is 5.57. The fourth-order valence-electron chi connectivity index (χ4n) is 3.05. The average Bonchev–Trinajstić information content (AvgIpc) is 2.65. The van der Waals surface area contributed by atoms with E-state index in [1.807, 2.05) is 24.3 Å². The van der Waals surface area contributed by atoms with Gasteiger partial charge in [0.1, 0.15) is 0 Å². The molecule has 1 aliphatic heterocycles. The second kappa shape index (κ2) is 7.89. The van der Waals surface area contributed by atoms with Crippen LogP contribution in [0.3, 0.4) is 0 Å². The maximum absolute atomic E-state index is 12.6. The number of amides is 2. The number of nitrogens with zero attached hydrogens (tertiary/aromatic N) is 1. The van der Waals surface area contributed by atoms with Gasteiger partial charge in [0.05, 0.1) is 11.4 Å². The number of anilines is 2. The third-order valence-electron chi connectivity index (χ3n) is 4.31. The Hall–Kier alpha value is -2.71. The molecule has 2 amide bonds. The molecule has 0 atom stereocenters. The molecule has 0 aliphatic carbocycles. The maximum Gasteiger partial charge on any atom is 0.242 e. The molecule has 3 rings (SSSR count). The number of hydrogen-bond acceptors (Lipinski definition) is 4. The molecule has 1 heterocycles. The van der Waals surface area contributed by atoms with E-state index in [4.69, 9.17) is 0 Å². The van der Waals surface area contributed by atoms with Crippen LogP contribution in [0.5, 0.6) is 0 Å². The van der Waals surface area contributed by atoms with Gasteiger partial charge in [-0.05, 0) is 48.7 Å². The molecule has 2 aromatic carbocycles. The van der Waals surface area contributed by atoms with Gasteiger partial charge in [0.15, 0.2) is 0 Å². The number of rotatable bonds is 5. The molecule has 0 fully saturated rings. The van der Waals surface area contributed by atoms with Crippen molar-refractivity contribution in [3.8, 4) is 0 Å². The fourth-order valence-corrected chi connectivity index (χ4v) is 4.02. The predicted octanol–water partition coefficient (Wildman–Crippen LogP) is 1.90. The van der Waals surface area contributed by atoms with Gasteiger partial charge in [-0.15, -0.1) is 0 Å². The molecule has 2 N–H and O–H groups in total. The van der Waals surface area contributed by atoms with E-state index in [0.29, 0.717) is 12.2 Å². The van der Waals surface area contributed by atoms with Crippen molar-refractivity contribution in [2.45, 2.75) is 24.7 Å². The Labute approximate surface area is 158 Å². The van der Waals surface area contributed by atoms with Crippen molar-refractivity contribution in [2.75, 3.05) is 23.3 Å². The lowest BCUT2D eigenvalue weighted by Crippen LogP contribution is -2.42.